The van der Waals surface area contributed by atoms with Crippen molar-refractivity contribution in [1.29, 1.82) is 0 Å². The fourth-order valence-corrected chi connectivity index (χ4v) is 2.36. The number of thiocarbonyl (C=S) groups is 1. The third-order valence-corrected chi connectivity index (χ3v) is 3.61. The lowest BCUT2D eigenvalue weighted by Crippen LogP contribution is -2.14. The van der Waals surface area contributed by atoms with E-state index in [0.717, 1.165) is 11.3 Å². The normalized spacial score (nSPS) is 10.4. The zero-order valence-electron chi connectivity index (χ0n) is 10.9. The number of nitrogens with zero attached hydrogens (tertiary/aromatic N) is 1. The number of halogens is 2. The second-order valence-electron chi connectivity index (χ2n) is 4.30. The Labute approximate surface area is 132 Å². The maximum absolute atomic E-state index is 5.96. The number of hydrogen-bond acceptors (Lipinski definition) is 3. The summed E-state index contributed by atoms with van der Waals surface area (Å²) in [7, 11) is 0. The predicted molar refractivity (Wildman–Crippen MR) is 86.1 cm³/mol. The highest BCUT2D eigenvalue weighted by Crippen LogP contribution is 2.31. The number of aryl methyl sites for hydroxylation is 2. The van der Waals surface area contributed by atoms with Crippen LogP contribution in [-0.2, 0) is 0 Å². The van der Waals surface area contributed by atoms with Crippen molar-refractivity contribution < 1.29 is 4.74 Å². The first-order valence-corrected chi connectivity index (χ1v) is 6.96. The molecule has 0 saturated carbocycles. The molecule has 0 bridgehead atoms. The van der Waals surface area contributed by atoms with Gasteiger partial charge in [0, 0.05) is 11.8 Å². The first-order valence-electron chi connectivity index (χ1n) is 5.79. The molecule has 0 spiro atoms. The van der Waals surface area contributed by atoms with Gasteiger partial charge >= 0.3 is 0 Å². The van der Waals surface area contributed by atoms with E-state index in [0.29, 0.717) is 27.2 Å². The highest BCUT2D eigenvalue weighted by molar-refractivity contribution is 7.80. The van der Waals surface area contributed by atoms with E-state index >= 15 is 0 Å². The Morgan fingerprint density at radius 1 is 1.20 bits per heavy atom. The number of aromatic nitrogens is 1. The third kappa shape index (κ3) is 3.20. The molecule has 1 aromatic heterocycles. The number of hydrogen-bond donors (Lipinski definition) is 1. The van der Waals surface area contributed by atoms with Crippen LogP contribution in [-0.4, -0.2) is 9.97 Å². The van der Waals surface area contributed by atoms with Crippen LogP contribution in [0.1, 0.15) is 16.8 Å². The highest BCUT2D eigenvalue weighted by Gasteiger charge is 2.14. The summed E-state index contributed by atoms with van der Waals surface area (Å²) in [6, 6.07) is 6.88. The van der Waals surface area contributed by atoms with E-state index in [2.05, 4.69) is 4.98 Å². The third-order valence-electron chi connectivity index (χ3n) is 2.66. The van der Waals surface area contributed by atoms with Crippen LogP contribution in [0.2, 0.25) is 10.0 Å². The largest absolute Gasteiger partial charge is 0.438 e. The first-order chi connectivity index (χ1) is 9.38. The van der Waals surface area contributed by atoms with E-state index in [1.54, 1.807) is 18.2 Å². The van der Waals surface area contributed by atoms with Gasteiger partial charge in [-0.05, 0) is 37.6 Å². The molecule has 104 valence electrons. The topological polar surface area (TPSA) is 48.1 Å². The summed E-state index contributed by atoms with van der Waals surface area (Å²) in [5, 5.41) is 0.868. The molecule has 0 aliphatic rings. The number of pyridine rings is 1. The molecule has 0 radical (unpaired) electrons. The molecule has 2 aromatic rings. The van der Waals surface area contributed by atoms with Crippen molar-refractivity contribution in [3.05, 3.63) is 51.1 Å². The van der Waals surface area contributed by atoms with Gasteiger partial charge in [-0.2, -0.15) is 0 Å². The second kappa shape index (κ2) is 5.95. The van der Waals surface area contributed by atoms with Crippen molar-refractivity contribution in [3.8, 4) is 11.6 Å². The van der Waals surface area contributed by atoms with Crippen LogP contribution in [0.25, 0.3) is 0 Å². The molecule has 3 nitrogen and oxygen atoms in total. The summed E-state index contributed by atoms with van der Waals surface area (Å²) in [5.41, 5.74) is 8.09. The molecular formula is C14H12Cl2N2OS. The lowest BCUT2D eigenvalue weighted by Gasteiger charge is -2.13. The first kappa shape index (κ1) is 15.0. The smallest absolute Gasteiger partial charge is 0.229 e. The molecular weight excluding hydrogens is 315 g/mol. The molecule has 1 heterocycles. The van der Waals surface area contributed by atoms with Gasteiger partial charge in [-0.1, -0.05) is 35.4 Å². The number of ether oxygens (including phenoxy) is 1. The van der Waals surface area contributed by atoms with E-state index in [9.17, 15) is 0 Å². The number of rotatable bonds is 3. The summed E-state index contributed by atoms with van der Waals surface area (Å²) < 4.78 is 5.75. The van der Waals surface area contributed by atoms with Gasteiger partial charge in [-0.3, -0.25) is 0 Å². The maximum atomic E-state index is 5.96. The Bertz CT molecular complexity index is 689. The zero-order valence-corrected chi connectivity index (χ0v) is 13.2. The standard InChI is InChI=1S/C14H12Cl2N2OS/c1-7-5-8(2)18-14(12(7)13(17)20)19-9-3-4-10(15)11(16)6-9/h3-6H,1-2H3,(H2,17,20). The van der Waals surface area contributed by atoms with Crippen LogP contribution < -0.4 is 10.5 Å². The van der Waals surface area contributed by atoms with Gasteiger partial charge < -0.3 is 10.5 Å². The van der Waals surface area contributed by atoms with Crippen molar-refractivity contribution in [3.63, 3.8) is 0 Å². The minimum atomic E-state index is 0.241. The fraction of sp³-hybridized carbons (Fsp3) is 0.143. The Morgan fingerprint density at radius 3 is 2.50 bits per heavy atom. The van der Waals surface area contributed by atoms with E-state index in [1.807, 2.05) is 19.9 Å². The molecule has 0 unspecified atom stereocenters. The van der Waals surface area contributed by atoms with Gasteiger partial charge in [0.15, 0.2) is 0 Å². The van der Waals surface area contributed by atoms with Gasteiger partial charge in [-0.15, -0.1) is 0 Å². The lowest BCUT2D eigenvalue weighted by molar-refractivity contribution is 0.460. The zero-order chi connectivity index (χ0) is 14.9. The summed E-state index contributed by atoms with van der Waals surface area (Å²) in [6.45, 7) is 3.78. The van der Waals surface area contributed by atoms with Crippen LogP contribution >= 0.6 is 35.4 Å². The van der Waals surface area contributed by atoms with Crippen molar-refractivity contribution in [1.82, 2.24) is 4.98 Å². The van der Waals surface area contributed by atoms with Crippen molar-refractivity contribution in [2.24, 2.45) is 5.73 Å². The van der Waals surface area contributed by atoms with Gasteiger partial charge in [0.1, 0.15) is 10.7 Å². The monoisotopic (exact) mass is 326 g/mol. The molecule has 0 aliphatic carbocycles. The van der Waals surface area contributed by atoms with Crippen LogP contribution in [0.5, 0.6) is 11.6 Å². The molecule has 0 saturated heterocycles. The number of nitrogens with two attached hydrogens (primary N) is 1. The quantitative estimate of drug-likeness (QED) is 0.847. The predicted octanol–water partition coefficient (Wildman–Crippen LogP) is 4.43. The Hall–Kier alpha value is -1.36. The molecule has 0 atom stereocenters. The summed E-state index contributed by atoms with van der Waals surface area (Å²) in [4.78, 5) is 4.58. The molecule has 2 rings (SSSR count). The molecule has 1 aromatic carbocycles. The molecule has 0 fully saturated rings. The Balaban J connectivity index is 2.47. The Morgan fingerprint density at radius 2 is 1.90 bits per heavy atom. The minimum Gasteiger partial charge on any atom is -0.438 e. The molecule has 2 N–H and O–H groups in total. The lowest BCUT2D eigenvalue weighted by atomic mass is 10.1. The highest BCUT2D eigenvalue weighted by atomic mass is 35.5. The van der Waals surface area contributed by atoms with Gasteiger partial charge in [-0.25, -0.2) is 4.98 Å². The second-order valence-corrected chi connectivity index (χ2v) is 5.56. The maximum Gasteiger partial charge on any atom is 0.229 e. The fourth-order valence-electron chi connectivity index (χ4n) is 1.83. The average Bonchev–Trinajstić information content (AvgIpc) is 2.32. The molecule has 20 heavy (non-hydrogen) atoms. The van der Waals surface area contributed by atoms with Crippen molar-refractivity contribution in [2.75, 3.05) is 0 Å². The van der Waals surface area contributed by atoms with E-state index in [4.69, 9.17) is 45.9 Å². The summed E-state index contributed by atoms with van der Waals surface area (Å²) in [6.07, 6.45) is 0. The van der Waals surface area contributed by atoms with Crippen LogP contribution in [0.4, 0.5) is 0 Å². The number of benzene rings is 1. The van der Waals surface area contributed by atoms with Gasteiger partial charge in [0.05, 0.1) is 15.6 Å². The van der Waals surface area contributed by atoms with E-state index in [-0.39, 0.29) is 4.99 Å². The van der Waals surface area contributed by atoms with E-state index < -0.39 is 0 Å². The van der Waals surface area contributed by atoms with Crippen molar-refractivity contribution in [2.45, 2.75) is 13.8 Å². The van der Waals surface area contributed by atoms with Crippen LogP contribution in [0, 0.1) is 13.8 Å². The SMILES string of the molecule is Cc1cc(C)c(C(N)=S)c(Oc2ccc(Cl)c(Cl)c2)n1. The molecule has 0 amide bonds. The van der Waals surface area contributed by atoms with Gasteiger partial charge in [0.2, 0.25) is 5.88 Å². The van der Waals surface area contributed by atoms with Crippen LogP contribution in [0.3, 0.4) is 0 Å². The minimum absolute atomic E-state index is 0.241. The summed E-state index contributed by atoms with van der Waals surface area (Å²) in [5.74, 6) is 0.891. The van der Waals surface area contributed by atoms with Crippen molar-refractivity contribution >= 4 is 40.4 Å². The molecule has 6 heteroatoms. The van der Waals surface area contributed by atoms with E-state index in [1.165, 1.54) is 0 Å². The molecule has 0 aliphatic heterocycles. The average molecular weight is 327 g/mol. The van der Waals surface area contributed by atoms with Gasteiger partial charge in [0.25, 0.3) is 0 Å². The summed E-state index contributed by atoms with van der Waals surface area (Å²) >= 11 is 16.9. The van der Waals surface area contributed by atoms with Crippen LogP contribution in [0.15, 0.2) is 24.3 Å². The Kier molecular flexibility index (Phi) is 4.48.